The molecule has 0 amide bonds. The minimum absolute atomic E-state index is 0.0952. The zero-order valence-corrected chi connectivity index (χ0v) is 13.3. The number of nitrogens with two attached hydrogens (primary N) is 1. The van der Waals surface area contributed by atoms with Crippen molar-refractivity contribution >= 4 is 9.84 Å². The third kappa shape index (κ3) is 2.78. The van der Waals surface area contributed by atoms with E-state index >= 15 is 0 Å². The third-order valence-corrected chi connectivity index (χ3v) is 5.93. The monoisotopic (exact) mass is 321 g/mol. The molecule has 0 bridgehead atoms. The number of benzene rings is 1. The Morgan fingerprint density at radius 2 is 1.95 bits per heavy atom. The van der Waals surface area contributed by atoms with Crippen LogP contribution in [0.3, 0.4) is 0 Å². The number of hydrogen-bond donors (Lipinski definition) is 1. The second-order valence-electron chi connectivity index (χ2n) is 5.75. The molecule has 7 heteroatoms. The molecule has 22 heavy (non-hydrogen) atoms. The Morgan fingerprint density at radius 3 is 2.50 bits per heavy atom. The first kappa shape index (κ1) is 15.2. The van der Waals surface area contributed by atoms with Gasteiger partial charge in [-0.2, -0.15) is 4.98 Å². The van der Waals surface area contributed by atoms with Crippen molar-refractivity contribution in [1.29, 1.82) is 0 Å². The van der Waals surface area contributed by atoms with Crippen molar-refractivity contribution in [3.05, 3.63) is 41.5 Å². The predicted octanol–water partition coefficient (Wildman–Crippen LogP) is 1.79. The number of rotatable bonds is 5. The van der Waals surface area contributed by atoms with E-state index in [1.54, 1.807) is 31.2 Å². The van der Waals surface area contributed by atoms with Gasteiger partial charge in [0.25, 0.3) is 0 Å². The Labute approximate surface area is 129 Å². The van der Waals surface area contributed by atoms with Crippen molar-refractivity contribution in [2.45, 2.75) is 43.0 Å². The van der Waals surface area contributed by atoms with Gasteiger partial charge in [0.2, 0.25) is 5.89 Å². The highest BCUT2D eigenvalue weighted by molar-refractivity contribution is 7.91. The first-order valence-electron chi connectivity index (χ1n) is 7.37. The van der Waals surface area contributed by atoms with Crippen molar-refractivity contribution in [2.75, 3.05) is 5.75 Å². The quantitative estimate of drug-likeness (QED) is 0.901. The number of nitrogens with zero attached hydrogens (tertiary/aromatic N) is 2. The summed E-state index contributed by atoms with van der Waals surface area (Å²) in [6.07, 6.45) is 3.33. The highest BCUT2D eigenvalue weighted by atomic mass is 32.2. The summed E-state index contributed by atoms with van der Waals surface area (Å²) in [6, 6.07) is 6.77. The van der Waals surface area contributed by atoms with E-state index in [2.05, 4.69) is 10.1 Å². The van der Waals surface area contributed by atoms with Gasteiger partial charge >= 0.3 is 0 Å². The summed E-state index contributed by atoms with van der Waals surface area (Å²) < 4.78 is 28.8. The molecule has 2 N–H and O–H groups in total. The summed E-state index contributed by atoms with van der Waals surface area (Å²) in [4.78, 5) is 4.70. The van der Waals surface area contributed by atoms with Crippen LogP contribution < -0.4 is 5.73 Å². The summed E-state index contributed by atoms with van der Waals surface area (Å²) in [5, 5.41) is 3.97. The van der Waals surface area contributed by atoms with Gasteiger partial charge in [-0.1, -0.05) is 24.2 Å². The molecule has 0 radical (unpaired) electrons. The molecule has 0 aliphatic heterocycles. The van der Waals surface area contributed by atoms with E-state index in [0.29, 0.717) is 23.0 Å². The summed E-state index contributed by atoms with van der Waals surface area (Å²) in [5.41, 5.74) is 6.65. The SMILES string of the molecule is CCS(=O)(=O)c1ccc(Cc2nc(C3(N)CCC3)no2)cc1. The van der Waals surface area contributed by atoms with E-state index < -0.39 is 15.4 Å². The Balaban J connectivity index is 1.74. The van der Waals surface area contributed by atoms with Crippen molar-refractivity contribution in [2.24, 2.45) is 5.73 Å². The molecular weight excluding hydrogens is 302 g/mol. The lowest BCUT2D eigenvalue weighted by Crippen LogP contribution is -2.44. The lowest BCUT2D eigenvalue weighted by molar-refractivity contribution is 0.229. The minimum Gasteiger partial charge on any atom is -0.339 e. The zero-order valence-electron chi connectivity index (χ0n) is 12.4. The van der Waals surface area contributed by atoms with Gasteiger partial charge in [0.15, 0.2) is 15.7 Å². The van der Waals surface area contributed by atoms with Gasteiger partial charge in [-0.3, -0.25) is 0 Å². The molecule has 1 heterocycles. The standard InChI is InChI=1S/C15H19N3O3S/c1-2-22(19,20)12-6-4-11(5-7-12)10-13-17-14(18-21-13)15(16)8-3-9-15/h4-7H,2-3,8-10,16H2,1H3. The highest BCUT2D eigenvalue weighted by Gasteiger charge is 2.38. The van der Waals surface area contributed by atoms with Gasteiger partial charge in [-0.15, -0.1) is 0 Å². The van der Waals surface area contributed by atoms with Crippen molar-refractivity contribution < 1.29 is 12.9 Å². The molecule has 1 saturated carbocycles. The molecule has 1 fully saturated rings. The Hall–Kier alpha value is -1.73. The zero-order chi connectivity index (χ0) is 15.8. The van der Waals surface area contributed by atoms with Crippen LogP contribution >= 0.6 is 0 Å². The normalized spacial score (nSPS) is 17.2. The van der Waals surface area contributed by atoms with E-state index in [4.69, 9.17) is 10.3 Å². The lowest BCUT2D eigenvalue weighted by atomic mass is 9.77. The maximum atomic E-state index is 11.8. The van der Waals surface area contributed by atoms with E-state index in [0.717, 1.165) is 24.8 Å². The molecule has 6 nitrogen and oxygen atoms in total. The molecule has 1 aromatic heterocycles. The average molecular weight is 321 g/mol. The van der Waals surface area contributed by atoms with Crippen LogP contribution in [0, 0.1) is 0 Å². The summed E-state index contributed by atoms with van der Waals surface area (Å²) in [6.45, 7) is 1.63. The van der Waals surface area contributed by atoms with Crippen LogP contribution in [0.2, 0.25) is 0 Å². The van der Waals surface area contributed by atoms with Crippen molar-refractivity contribution in [3.8, 4) is 0 Å². The van der Waals surface area contributed by atoms with Crippen LogP contribution in [0.4, 0.5) is 0 Å². The maximum Gasteiger partial charge on any atom is 0.231 e. The Kier molecular flexibility index (Phi) is 3.78. The molecule has 1 aromatic carbocycles. The van der Waals surface area contributed by atoms with Crippen LogP contribution in [0.1, 0.15) is 43.5 Å². The smallest absolute Gasteiger partial charge is 0.231 e. The molecular formula is C15H19N3O3S. The second-order valence-corrected chi connectivity index (χ2v) is 8.02. The number of hydrogen-bond acceptors (Lipinski definition) is 6. The first-order valence-corrected chi connectivity index (χ1v) is 9.02. The van der Waals surface area contributed by atoms with Crippen LogP contribution in [0.25, 0.3) is 0 Å². The molecule has 3 rings (SSSR count). The molecule has 0 saturated heterocycles. The second kappa shape index (κ2) is 5.48. The van der Waals surface area contributed by atoms with Gasteiger partial charge in [0.05, 0.1) is 22.6 Å². The fourth-order valence-electron chi connectivity index (χ4n) is 2.47. The van der Waals surface area contributed by atoms with Crippen molar-refractivity contribution in [1.82, 2.24) is 10.1 Å². The van der Waals surface area contributed by atoms with Gasteiger partial charge in [-0.25, -0.2) is 8.42 Å². The molecule has 118 valence electrons. The number of sulfone groups is 1. The topological polar surface area (TPSA) is 99.1 Å². The van der Waals surface area contributed by atoms with Crippen LogP contribution in [-0.4, -0.2) is 24.3 Å². The van der Waals surface area contributed by atoms with Crippen LogP contribution in [0.15, 0.2) is 33.7 Å². The maximum absolute atomic E-state index is 11.8. The summed E-state index contributed by atoms with van der Waals surface area (Å²) >= 11 is 0. The largest absolute Gasteiger partial charge is 0.339 e. The molecule has 0 atom stereocenters. The van der Waals surface area contributed by atoms with Gasteiger partial charge in [-0.05, 0) is 37.0 Å². The predicted molar refractivity (Wildman–Crippen MR) is 81.0 cm³/mol. The average Bonchev–Trinajstić information content (AvgIpc) is 2.94. The summed E-state index contributed by atoms with van der Waals surface area (Å²) in [7, 11) is -3.17. The fourth-order valence-corrected chi connectivity index (χ4v) is 3.35. The van der Waals surface area contributed by atoms with E-state index in [1.165, 1.54) is 0 Å². The van der Waals surface area contributed by atoms with Gasteiger partial charge in [0.1, 0.15) is 0 Å². The molecule has 1 aliphatic carbocycles. The minimum atomic E-state index is -3.17. The van der Waals surface area contributed by atoms with Crippen LogP contribution in [-0.2, 0) is 21.8 Å². The highest BCUT2D eigenvalue weighted by Crippen LogP contribution is 2.36. The van der Waals surface area contributed by atoms with E-state index in [1.807, 2.05) is 0 Å². The van der Waals surface area contributed by atoms with Gasteiger partial charge in [0, 0.05) is 0 Å². The number of aromatic nitrogens is 2. The summed E-state index contributed by atoms with van der Waals surface area (Å²) in [5.74, 6) is 1.16. The molecule has 0 unspecified atom stereocenters. The Bertz CT molecular complexity index is 762. The van der Waals surface area contributed by atoms with E-state index in [-0.39, 0.29) is 5.75 Å². The third-order valence-electron chi connectivity index (χ3n) is 4.18. The fraction of sp³-hybridized carbons (Fsp3) is 0.467. The van der Waals surface area contributed by atoms with Gasteiger partial charge < -0.3 is 10.3 Å². The first-order chi connectivity index (χ1) is 10.4. The van der Waals surface area contributed by atoms with Crippen LogP contribution in [0.5, 0.6) is 0 Å². The Morgan fingerprint density at radius 1 is 1.27 bits per heavy atom. The van der Waals surface area contributed by atoms with Crippen molar-refractivity contribution in [3.63, 3.8) is 0 Å². The molecule has 2 aromatic rings. The molecule has 0 spiro atoms. The van der Waals surface area contributed by atoms with E-state index in [9.17, 15) is 8.42 Å². The lowest BCUT2D eigenvalue weighted by Gasteiger charge is -2.34. The molecule has 1 aliphatic rings.